The third-order valence-corrected chi connectivity index (χ3v) is 4.78. The van der Waals surface area contributed by atoms with Crippen molar-refractivity contribution >= 4 is 11.8 Å². The van der Waals surface area contributed by atoms with E-state index >= 15 is 0 Å². The molecule has 6 heteroatoms. The maximum absolute atomic E-state index is 5.31. The van der Waals surface area contributed by atoms with E-state index in [0.717, 1.165) is 22.5 Å². The van der Waals surface area contributed by atoms with E-state index in [1.54, 1.807) is 18.9 Å². The van der Waals surface area contributed by atoms with Gasteiger partial charge in [-0.1, -0.05) is 23.9 Å². The lowest BCUT2D eigenvalue weighted by Crippen LogP contribution is -2.29. The lowest BCUT2D eigenvalue weighted by molar-refractivity contribution is 0.414. The molecule has 2 heterocycles. The quantitative estimate of drug-likeness (QED) is 0.940. The Morgan fingerprint density at radius 1 is 1.35 bits per heavy atom. The number of fused-ring (bicyclic) bond motifs is 1. The van der Waals surface area contributed by atoms with Gasteiger partial charge >= 0.3 is 0 Å². The number of nitrogens with zero attached hydrogens (tertiary/aromatic N) is 3. The number of methoxy groups -OCH3 is 1. The van der Waals surface area contributed by atoms with E-state index < -0.39 is 0 Å². The van der Waals surface area contributed by atoms with Crippen LogP contribution in [0.5, 0.6) is 5.75 Å². The van der Waals surface area contributed by atoms with Crippen LogP contribution in [-0.2, 0) is 0 Å². The molecule has 1 N–H and O–H groups in total. The smallest absolute Gasteiger partial charge is 0.210 e. The average molecular weight is 288 g/mol. The molecular formula is C14H16N4OS. The molecule has 1 aliphatic carbocycles. The van der Waals surface area contributed by atoms with Crippen molar-refractivity contribution in [1.82, 2.24) is 14.9 Å². The van der Waals surface area contributed by atoms with Crippen LogP contribution in [0, 0.1) is 0 Å². The zero-order chi connectivity index (χ0) is 13.5. The number of thioether (sulfide) groups is 1. The first kappa shape index (κ1) is 12.1. The molecule has 2 aromatic rings. The summed E-state index contributed by atoms with van der Waals surface area (Å²) < 4.78 is 7.39. The number of nitrogens with one attached hydrogen (secondary N) is 1. The molecule has 0 spiro atoms. The minimum Gasteiger partial charge on any atom is -0.497 e. The molecule has 4 rings (SSSR count). The van der Waals surface area contributed by atoms with Crippen LogP contribution in [0.15, 0.2) is 29.4 Å². The van der Waals surface area contributed by atoms with Crippen LogP contribution in [0.2, 0.25) is 0 Å². The number of aromatic nitrogens is 3. The second kappa shape index (κ2) is 4.70. The number of benzene rings is 1. The topological polar surface area (TPSA) is 52.0 Å². The minimum absolute atomic E-state index is 0.260. The molecule has 1 fully saturated rings. The molecular weight excluding hydrogens is 272 g/mol. The van der Waals surface area contributed by atoms with Gasteiger partial charge in [-0.25, -0.2) is 4.68 Å². The third kappa shape index (κ3) is 2.04. The molecule has 2 aliphatic rings. The van der Waals surface area contributed by atoms with E-state index in [9.17, 15) is 0 Å². The molecule has 1 saturated carbocycles. The molecule has 0 saturated heterocycles. The SMILES string of the molecule is COc1cccc(C2CSc3nnc(C4CC4)n3N2)c1. The summed E-state index contributed by atoms with van der Waals surface area (Å²) in [5.74, 6) is 3.52. The van der Waals surface area contributed by atoms with Crippen LogP contribution in [0.3, 0.4) is 0 Å². The van der Waals surface area contributed by atoms with Crippen LogP contribution >= 0.6 is 11.8 Å². The summed E-state index contributed by atoms with van der Waals surface area (Å²) in [6.45, 7) is 0. The summed E-state index contributed by atoms with van der Waals surface area (Å²) in [6, 6.07) is 8.48. The summed E-state index contributed by atoms with van der Waals surface area (Å²) in [6.07, 6.45) is 2.46. The van der Waals surface area contributed by atoms with Crippen molar-refractivity contribution in [3.05, 3.63) is 35.7 Å². The van der Waals surface area contributed by atoms with Crippen LogP contribution in [-0.4, -0.2) is 27.7 Å². The van der Waals surface area contributed by atoms with Crippen LogP contribution in [0.1, 0.15) is 36.2 Å². The van der Waals surface area contributed by atoms with Crippen LogP contribution in [0.25, 0.3) is 0 Å². The zero-order valence-electron chi connectivity index (χ0n) is 11.2. The van der Waals surface area contributed by atoms with Gasteiger partial charge in [0.1, 0.15) is 5.75 Å². The van der Waals surface area contributed by atoms with Crippen molar-refractivity contribution < 1.29 is 4.74 Å². The van der Waals surface area contributed by atoms with Crippen molar-refractivity contribution in [1.29, 1.82) is 0 Å². The molecule has 0 radical (unpaired) electrons. The Morgan fingerprint density at radius 3 is 3.05 bits per heavy atom. The van der Waals surface area contributed by atoms with Gasteiger partial charge in [-0.15, -0.1) is 10.2 Å². The van der Waals surface area contributed by atoms with Gasteiger partial charge in [0.25, 0.3) is 0 Å². The minimum atomic E-state index is 0.260. The van der Waals surface area contributed by atoms with Crippen molar-refractivity contribution in [2.24, 2.45) is 0 Å². The number of hydrogen-bond acceptors (Lipinski definition) is 5. The van der Waals surface area contributed by atoms with E-state index in [-0.39, 0.29) is 6.04 Å². The van der Waals surface area contributed by atoms with Crippen LogP contribution < -0.4 is 10.2 Å². The second-order valence-electron chi connectivity index (χ2n) is 5.22. The maximum atomic E-state index is 5.31. The van der Waals surface area contributed by atoms with Gasteiger partial charge in [-0.3, -0.25) is 0 Å². The highest BCUT2D eigenvalue weighted by Gasteiger charge is 2.33. The van der Waals surface area contributed by atoms with Gasteiger partial charge in [0.05, 0.1) is 13.2 Å². The molecule has 0 bridgehead atoms. The fraction of sp³-hybridized carbons (Fsp3) is 0.429. The van der Waals surface area contributed by atoms with Gasteiger partial charge in [-0.05, 0) is 30.5 Å². The summed E-state index contributed by atoms with van der Waals surface area (Å²) >= 11 is 1.76. The Balaban J connectivity index is 1.63. The lowest BCUT2D eigenvalue weighted by atomic mass is 10.1. The molecule has 1 aromatic carbocycles. The molecule has 20 heavy (non-hydrogen) atoms. The Bertz CT molecular complexity index is 638. The van der Waals surface area contributed by atoms with E-state index in [4.69, 9.17) is 4.74 Å². The average Bonchev–Trinajstić information content (AvgIpc) is 3.26. The van der Waals surface area contributed by atoms with Crippen molar-refractivity contribution in [3.63, 3.8) is 0 Å². The van der Waals surface area contributed by atoms with Crippen molar-refractivity contribution in [3.8, 4) is 5.75 Å². The van der Waals surface area contributed by atoms with E-state index in [2.05, 4.69) is 32.4 Å². The number of hydrogen-bond donors (Lipinski definition) is 1. The van der Waals surface area contributed by atoms with E-state index in [1.807, 2.05) is 12.1 Å². The number of rotatable bonds is 3. The first-order valence-corrected chi connectivity index (χ1v) is 7.82. The standard InChI is InChI=1S/C14H16N4OS/c1-19-11-4-2-3-10(7-11)12-8-20-14-16-15-13(9-5-6-9)18(14)17-12/h2-4,7,9,12,17H,5-6,8H2,1H3. The monoisotopic (exact) mass is 288 g/mol. The predicted molar refractivity (Wildman–Crippen MR) is 77.8 cm³/mol. The summed E-state index contributed by atoms with van der Waals surface area (Å²) in [4.78, 5) is 0. The molecule has 1 aliphatic heterocycles. The summed E-state index contributed by atoms with van der Waals surface area (Å²) in [7, 11) is 1.70. The summed E-state index contributed by atoms with van der Waals surface area (Å²) in [5.41, 5.74) is 4.78. The molecule has 0 amide bonds. The first-order chi connectivity index (χ1) is 9.85. The molecule has 1 atom stereocenters. The molecule has 1 aromatic heterocycles. The molecule has 1 unspecified atom stereocenters. The highest BCUT2D eigenvalue weighted by molar-refractivity contribution is 7.99. The fourth-order valence-electron chi connectivity index (χ4n) is 2.48. The Kier molecular flexibility index (Phi) is 2.84. The largest absolute Gasteiger partial charge is 0.497 e. The third-order valence-electron chi connectivity index (χ3n) is 3.76. The van der Waals surface area contributed by atoms with E-state index in [1.165, 1.54) is 18.4 Å². The fourth-order valence-corrected chi connectivity index (χ4v) is 3.44. The predicted octanol–water partition coefficient (Wildman–Crippen LogP) is 2.55. The lowest BCUT2D eigenvalue weighted by Gasteiger charge is -2.26. The highest BCUT2D eigenvalue weighted by Crippen LogP contribution is 2.41. The summed E-state index contributed by atoms with van der Waals surface area (Å²) in [5, 5.41) is 9.57. The van der Waals surface area contributed by atoms with Gasteiger partial charge in [0.15, 0.2) is 5.82 Å². The zero-order valence-corrected chi connectivity index (χ0v) is 12.1. The molecule has 104 valence electrons. The van der Waals surface area contributed by atoms with Gasteiger partial charge in [0.2, 0.25) is 5.16 Å². The Morgan fingerprint density at radius 2 is 2.25 bits per heavy atom. The van der Waals surface area contributed by atoms with Crippen molar-refractivity contribution in [2.75, 3.05) is 18.3 Å². The Hall–Kier alpha value is -1.69. The maximum Gasteiger partial charge on any atom is 0.210 e. The Labute approximate surface area is 121 Å². The normalized spacial score (nSPS) is 21.1. The number of ether oxygens (including phenoxy) is 1. The van der Waals surface area contributed by atoms with Gasteiger partial charge in [-0.2, -0.15) is 0 Å². The highest BCUT2D eigenvalue weighted by atomic mass is 32.2. The van der Waals surface area contributed by atoms with Crippen molar-refractivity contribution in [2.45, 2.75) is 30.0 Å². The van der Waals surface area contributed by atoms with E-state index in [0.29, 0.717) is 5.92 Å². The molecule has 5 nitrogen and oxygen atoms in total. The first-order valence-electron chi connectivity index (χ1n) is 6.84. The van der Waals surface area contributed by atoms with Gasteiger partial charge in [0, 0.05) is 11.7 Å². The van der Waals surface area contributed by atoms with Crippen LogP contribution in [0.4, 0.5) is 0 Å². The van der Waals surface area contributed by atoms with Gasteiger partial charge < -0.3 is 10.2 Å². The second-order valence-corrected chi connectivity index (χ2v) is 6.21.